The van der Waals surface area contributed by atoms with Crippen LogP contribution in [-0.4, -0.2) is 29.5 Å². The quantitative estimate of drug-likeness (QED) is 0.914. The van der Waals surface area contributed by atoms with Gasteiger partial charge < -0.3 is 14.2 Å². The van der Waals surface area contributed by atoms with Crippen molar-refractivity contribution >= 4 is 22.4 Å². The molecule has 23 heavy (non-hydrogen) atoms. The molecule has 1 N–H and O–H groups in total. The summed E-state index contributed by atoms with van der Waals surface area (Å²) >= 11 is 0.235. The molecule has 0 atom stereocenters. The van der Waals surface area contributed by atoms with Crippen molar-refractivity contribution in [1.29, 1.82) is 0 Å². The van der Waals surface area contributed by atoms with Crippen molar-refractivity contribution in [3.63, 3.8) is 0 Å². The number of carbonyl (C=O) groups excluding carboxylic acids is 1. The van der Waals surface area contributed by atoms with Crippen molar-refractivity contribution in [3.8, 4) is 17.2 Å². The molecule has 1 aromatic heterocycles. The largest absolute Gasteiger partial charge is 0.484 e. The van der Waals surface area contributed by atoms with E-state index in [4.69, 9.17) is 14.2 Å². The number of benzene rings is 1. The fourth-order valence-corrected chi connectivity index (χ4v) is 2.29. The van der Waals surface area contributed by atoms with Gasteiger partial charge in [0, 0.05) is 6.07 Å². The van der Waals surface area contributed by atoms with Crippen molar-refractivity contribution in [2.75, 3.05) is 18.7 Å². The van der Waals surface area contributed by atoms with E-state index in [0.717, 1.165) is 0 Å². The van der Waals surface area contributed by atoms with E-state index in [-0.39, 0.29) is 23.3 Å². The molecule has 0 saturated heterocycles. The molecule has 0 unspecified atom stereocenters. The van der Waals surface area contributed by atoms with Crippen LogP contribution in [0.15, 0.2) is 18.2 Å². The number of alkyl halides is 3. The second kappa shape index (κ2) is 5.91. The molecule has 2 heterocycles. The summed E-state index contributed by atoms with van der Waals surface area (Å²) in [6.07, 6.45) is -4.59. The lowest BCUT2D eigenvalue weighted by Crippen LogP contribution is -2.20. The van der Waals surface area contributed by atoms with Crippen LogP contribution in [0.2, 0.25) is 0 Å². The minimum atomic E-state index is -4.59. The number of halogens is 3. The number of aromatic nitrogens is 2. The number of nitrogens with zero attached hydrogens (tertiary/aromatic N) is 2. The van der Waals surface area contributed by atoms with Crippen LogP contribution in [0.4, 0.5) is 18.3 Å². The number of nitrogens with one attached hydrogen (secondary N) is 1. The average molecular weight is 347 g/mol. The van der Waals surface area contributed by atoms with E-state index >= 15 is 0 Å². The lowest BCUT2D eigenvalue weighted by Gasteiger charge is -2.06. The number of anilines is 1. The molecule has 0 bridgehead atoms. The number of amides is 1. The van der Waals surface area contributed by atoms with E-state index in [2.05, 4.69) is 15.5 Å². The normalized spacial score (nSPS) is 13.0. The Bertz CT molecular complexity index is 735. The molecule has 0 radical (unpaired) electrons. The summed E-state index contributed by atoms with van der Waals surface area (Å²) in [5.74, 6) is 0.752. The smallest absolute Gasteiger partial charge is 0.445 e. The van der Waals surface area contributed by atoms with Crippen molar-refractivity contribution in [3.05, 3.63) is 23.2 Å². The average Bonchev–Trinajstić information content (AvgIpc) is 3.12. The van der Waals surface area contributed by atoms with E-state index in [9.17, 15) is 18.0 Å². The zero-order valence-corrected chi connectivity index (χ0v) is 12.0. The maximum atomic E-state index is 12.4. The van der Waals surface area contributed by atoms with Crippen molar-refractivity contribution in [2.45, 2.75) is 6.18 Å². The standard InChI is InChI=1S/C12H8F3N3O4S/c13-12(14,15)10-17-18-11(23-10)16-9(19)4-20-6-1-2-7-8(3-6)22-5-21-7/h1-3H,4-5H2,(H,16,18,19). The van der Waals surface area contributed by atoms with Crippen LogP contribution >= 0.6 is 11.3 Å². The molecule has 3 rings (SSSR count). The zero-order valence-electron chi connectivity index (χ0n) is 11.2. The summed E-state index contributed by atoms with van der Waals surface area (Å²) in [6.45, 7) is -0.293. The molecule has 1 amide bonds. The first-order valence-electron chi connectivity index (χ1n) is 6.15. The van der Waals surface area contributed by atoms with Crippen LogP contribution in [0.1, 0.15) is 5.01 Å². The summed E-state index contributed by atoms with van der Waals surface area (Å²) in [7, 11) is 0. The molecule has 0 spiro atoms. The Morgan fingerprint density at radius 3 is 2.83 bits per heavy atom. The zero-order chi connectivity index (χ0) is 16.4. The molecule has 1 aliphatic heterocycles. The summed E-state index contributed by atoms with van der Waals surface area (Å²) in [6, 6.07) is 4.74. The van der Waals surface area contributed by atoms with Crippen LogP contribution < -0.4 is 19.5 Å². The molecule has 0 fully saturated rings. The molecule has 0 aliphatic carbocycles. The van der Waals surface area contributed by atoms with Gasteiger partial charge in [0.2, 0.25) is 16.9 Å². The monoisotopic (exact) mass is 347 g/mol. The predicted octanol–water partition coefficient (Wildman–Crippen LogP) is 2.30. The minimum Gasteiger partial charge on any atom is -0.484 e. The molecule has 1 aliphatic rings. The fraction of sp³-hybridized carbons (Fsp3) is 0.250. The Morgan fingerprint density at radius 2 is 2.09 bits per heavy atom. The van der Waals surface area contributed by atoms with E-state index in [1.807, 2.05) is 0 Å². The van der Waals surface area contributed by atoms with Gasteiger partial charge in [-0.3, -0.25) is 10.1 Å². The highest BCUT2D eigenvalue weighted by molar-refractivity contribution is 7.15. The highest BCUT2D eigenvalue weighted by Gasteiger charge is 2.35. The van der Waals surface area contributed by atoms with Gasteiger partial charge in [0.15, 0.2) is 18.1 Å². The first-order valence-corrected chi connectivity index (χ1v) is 6.96. The molecular weight excluding hydrogens is 339 g/mol. The Labute approximate surface area is 131 Å². The first kappa shape index (κ1) is 15.3. The van der Waals surface area contributed by atoms with Crippen molar-refractivity contribution < 1.29 is 32.2 Å². The molecule has 11 heteroatoms. The van der Waals surface area contributed by atoms with Gasteiger partial charge in [-0.15, -0.1) is 10.2 Å². The maximum absolute atomic E-state index is 12.4. The SMILES string of the molecule is O=C(COc1ccc2c(c1)OCO2)Nc1nnc(C(F)(F)F)s1. The Hall–Kier alpha value is -2.56. The summed E-state index contributed by atoms with van der Waals surface area (Å²) in [5.41, 5.74) is 0. The third kappa shape index (κ3) is 3.62. The topological polar surface area (TPSA) is 82.6 Å². The molecule has 0 saturated carbocycles. The highest BCUT2D eigenvalue weighted by atomic mass is 32.1. The number of ether oxygens (including phenoxy) is 3. The van der Waals surface area contributed by atoms with Crippen molar-refractivity contribution in [1.82, 2.24) is 10.2 Å². The third-order valence-electron chi connectivity index (χ3n) is 2.63. The summed E-state index contributed by atoms with van der Waals surface area (Å²) < 4.78 is 52.6. The first-order chi connectivity index (χ1) is 10.9. The fourth-order valence-electron chi connectivity index (χ4n) is 1.66. The van der Waals surface area contributed by atoms with E-state index in [0.29, 0.717) is 17.2 Å². The van der Waals surface area contributed by atoms with Crippen LogP contribution in [0.5, 0.6) is 17.2 Å². The number of hydrogen-bond donors (Lipinski definition) is 1. The Balaban J connectivity index is 1.54. The molecule has 7 nitrogen and oxygen atoms in total. The van der Waals surface area contributed by atoms with Gasteiger partial charge in [0.05, 0.1) is 0 Å². The third-order valence-corrected chi connectivity index (χ3v) is 3.51. The number of rotatable bonds is 4. The van der Waals surface area contributed by atoms with E-state index in [1.54, 1.807) is 18.2 Å². The Morgan fingerprint density at radius 1 is 1.30 bits per heavy atom. The number of hydrogen-bond acceptors (Lipinski definition) is 7. The van der Waals surface area contributed by atoms with Gasteiger partial charge in [-0.05, 0) is 12.1 Å². The van der Waals surface area contributed by atoms with E-state index < -0.39 is 23.7 Å². The van der Waals surface area contributed by atoms with Gasteiger partial charge in [0.1, 0.15) is 5.75 Å². The number of fused-ring (bicyclic) bond motifs is 1. The summed E-state index contributed by atoms with van der Waals surface area (Å²) in [4.78, 5) is 11.6. The van der Waals surface area contributed by atoms with Crippen LogP contribution in [-0.2, 0) is 11.0 Å². The second-order valence-corrected chi connectivity index (χ2v) is 5.24. The van der Waals surface area contributed by atoms with Crippen LogP contribution in [0.25, 0.3) is 0 Å². The second-order valence-electron chi connectivity index (χ2n) is 4.26. The van der Waals surface area contributed by atoms with E-state index in [1.165, 1.54) is 0 Å². The highest BCUT2D eigenvalue weighted by Crippen LogP contribution is 2.35. The van der Waals surface area contributed by atoms with Crippen LogP contribution in [0, 0.1) is 0 Å². The predicted molar refractivity (Wildman–Crippen MR) is 71.6 cm³/mol. The van der Waals surface area contributed by atoms with Gasteiger partial charge in [0.25, 0.3) is 5.91 Å². The lowest BCUT2D eigenvalue weighted by molar-refractivity contribution is -0.138. The van der Waals surface area contributed by atoms with Gasteiger partial charge >= 0.3 is 6.18 Å². The molecule has 2 aromatic rings. The Kier molecular flexibility index (Phi) is 3.94. The van der Waals surface area contributed by atoms with Crippen molar-refractivity contribution in [2.24, 2.45) is 0 Å². The maximum Gasteiger partial charge on any atom is 0.445 e. The molecule has 1 aromatic carbocycles. The number of carbonyl (C=O) groups is 1. The van der Waals surface area contributed by atoms with Crippen LogP contribution in [0.3, 0.4) is 0 Å². The van der Waals surface area contributed by atoms with Gasteiger partial charge in [-0.1, -0.05) is 11.3 Å². The lowest BCUT2D eigenvalue weighted by atomic mass is 10.3. The van der Waals surface area contributed by atoms with Gasteiger partial charge in [-0.2, -0.15) is 13.2 Å². The van der Waals surface area contributed by atoms with Gasteiger partial charge in [-0.25, -0.2) is 0 Å². The molecule has 122 valence electrons. The summed E-state index contributed by atoms with van der Waals surface area (Å²) in [5, 5.41) is 7.00. The minimum absolute atomic E-state index is 0.109. The molecular formula is C12H8F3N3O4S.